The van der Waals surface area contributed by atoms with E-state index in [4.69, 9.17) is 11.6 Å². The summed E-state index contributed by atoms with van der Waals surface area (Å²) in [6.07, 6.45) is 4.62. The predicted molar refractivity (Wildman–Crippen MR) is 86.0 cm³/mol. The minimum Gasteiger partial charge on any atom is -0.313 e. The van der Waals surface area contributed by atoms with Gasteiger partial charge in [0, 0.05) is 13.1 Å². The lowest BCUT2D eigenvalue weighted by Crippen LogP contribution is -2.29. The van der Waals surface area contributed by atoms with Gasteiger partial charge in [0.1, 0.15) is 4.90 Å². The van der Waals surface area contributed by atoms with E-state index in [2.05, 4.69) is 10.0 Å². The molecule has 1 aromatic carbocycles. The third kappa shape index (κ3) is 4.68. The summed E-state index contributed by atoms with van der Waals surface area (Å²) in [5.74, 6) is 0.462. The van der Waals surface area contributed by atoms with Crippen molar-refractivity contribution < 1.29 is 8.42 Å². The molecule has 1 fully saturated rings. The first-order chi connectivity index (χ1) is 10.0. The van der Waals surface area contributed by atoms with Gasteiger partial charge in [0.25, 0.3) is 0 Å². The van der Waals surface area contributed by atoms with Crippen LogP contribution in [0.5, 0.6) is 0 Å². The Morgan fingerprint density at radius 3 is 2.67 bits per heavy atom. The molecule has 21 heavy (non-hydrogen) atoms. The Hall–Kier alpha value is -0.620. The molecule has 0 amide bonds. The van der Waals surface area contributed by atoms with Gasteiger partial charge in [-0.15, -0.1) is 0 Å². The quantitative estimate of drug-likeness (QED) is 0.808. The zero-order chi connectivity index (χ0) is 15.3. The second-order valence-corrected chi connectivity index (χ2v) is 7.69. The van der Waals surface area contributed by atoms with Gasteiger partial charge >= 0.3 is 0 Å². The minimum absolute atomic E-state index is 0.178. The first-order valence-corrected chi connectivity index (χ1v) is 9.38. The number of rotatable bonds is 7. The molecule has 4 nitrogen and oxygen atoms in total. The lowest BCUT2D eigenvalue weighted by Gasteiger charge is -2.13. The Balaban J connectivity index is 2.09. The number of hydrogen-bond donors (Lipinski definition) is 2. The highest BCUT2D eigenvalue weighted by Crippen LogP contribution is 2.26. The minimum atomic E-state index is -3.54. The molecule has 0 radical (unpaired) electrons. The molecule has 1 aliphatic carbocycles. The van der Waals surface area contributed by atoms with Crippen LogP contribution in [0.15, 0.2) is 23.1 Å². The molecule has 0 heterocycles. The largest absolute Gasteiger partial charge is 0.313 e. The summed E-state index contributed by atoms with van der Waals surface area (Å²) < 4.78 is 27.5. The van der Waals surface area contributed by atoms with Gasteiger partial charge < -0.3 is 5.32 Å². The third-order valence-electron chi connectivity index (χ3n) is 3.90. The molecule has 1 aliphatic rings. The van der Waals surface area contributed by atoms with Crippen LogP contribution in [0.25, 0.3) is 0 Å². The zero-order valence-corrected chi connectivity index (χ0v) is 13.9. The fourth-order valence-corrected chi connectivity index (χ4v) is 4.32. The van der Waals surface area contributed by atoms with Crippen LogP contribution in [-0.2, 0) is 16.6 Å². The zero-order valence-electron chi connectivity index (χ0n) is 12.4. The molecule has 6 heteroatoms. The Kier molecular flexibility index (Phi) is 6.05. The van der Waals surface area contributed by atoms with Crippen molar-refractivity contribution >= 4 is 21.6 Å². The van der Waals surface area contributed by atoms with Crippen molar-refractivity contribution in [3.63, 3.8) is 0 Å². The van der Waals surface area contributed by atoms with Crippen molar-refractivity contribution in [2.75, 3.05) is 13.1 Å². The molecule has 0 aromatic heterocycles. The molecule has 0 aliphatic heterocycles. The van der Waals surface area contributed by atoms with E-state index in [0.29, 0.717) is 19.0 Å². The lowest BCUT2D eigenvalue weighted by molar-refractivity contribution is 0.519. The van der Waals surface area contributed by atoms with Crippen LogP contribution in [0.4, 0.5) is 0 Å². The molecular weight excluding hydrogens is 308 g/mol. The van der Waals surface area contributed by atoms with Crippen molar-refractivity contribution in [1.29, 1.82) is 0 Å². The van der Waals surface area contributed by atoms with Gasteiger partial charge in [-0.1, -0.05) is 37.4 Å². The fraction of sp³-hybridized carbons (Fsp3) is 0.600. The predicted octanol–water partition coefficient (Wildman–Crippen LogP) is 2.92. The van der Waals surface area contributed by atoms with E-state index in [1.165, 1.54) is 12.8 Å². The van der Waals surface area contributed by atoms with E-state index in [0.717, 1.165) is 24.9 Å². The van der Waals surface area contributed by atoms with Crippen molar-refractivity contribution in [2.45, 2.75) is 44.0 Å². The summed E-state index contributed by atoms with van der Waals surface area (Å²) in [5.41, 5.74) is 0.919. The Bertz CT molecular complexity index is 569. The molecule has 2 N–H and O–H groups in total. The topological polar surface area (TPSA) is 58.2 Å². The van der Waals surface area contributed by atoms with E-state index < -0.39 is 10.0 Å². The Labute approximate surface area is 132 Å². The van der Waals surface area contributed by atoms with Crippen LogP contribution in [-0.4, -0.2) is 21.5 Å². The first kappa shape index (κ1) is 16.7. The number of halogens is 1. The number of benzene rings is 1. The smallest absolute Gasteiger partial charge is 0.242 e. The van der Waals surface area contributed by atoms with Crippen LogP contribution >= 0.6 is 11.6 Å². The van der Waals surface area contributed by atoms with E-state index in [9.17, 15) is 8.42 Å². The molecule has 118 valence electrons. The number of hydrogen-bond acceptors (Lipinski definition) is 3. The van der Waals surface area contributed by atoms with Gasteiger partial charge in [0.05, 0.1) is 5.02 Å². The summed E-state index contributed by atoms with van der Waals surface area (Å²) in [5, 5.41) is 3.45. The molecule has 0 spiro atoms. The highest BCUT2D eigenvalue weighted by molar-refractivity contribution is 7.89. The van der Waals surface area contributed by atoms with Crippen LogP contribution in [0.2, 0.25) is 5.02 Å². The SMILES string of the molecule is CCNCc1ccc(Cl)c(S(=O)(=O)NCC2CCCC2)c1. The van der Waals surface area contributed by atoms with Crippen LogP contribution in [0.3, 0.4) is 0 Å². The van der Waals surface area contributed by atoms with Crippen molar-refractivity contribution in [3.05, 3.63) is 28.8 Å². The number of nitrogens with one attached hydrogen (secondary N) is 2. The van der Waals surface area contributed by atoms with Gasteiger partial charge in [-0.25, -0.2) is 13.1 Å². The van der Waals surface area contributed by atoms with Gasteiger partial charge in [-0.2, -0.15) is 0 Å². The molecule has 2 rings (SSSR count). The van der Waals surface area contributed by atoms with E-state index in [-0.39, 0.29) is 9.92 Å². The van der Waals surface area contributed by atoms with Gasteiger partial charge in [0.2, 0.25) is 10.0 Å². The molecule has 0 atom stereocenters. The summed E-state index contributed by atoms with van der Waals surface area (Å²) in [6.45, 7) is 4.00. The van der Waals surface area contributed by atoms with Crippen molar-refractivity contribution in [1.82, 2.24) is 10.0 Å². The second kappa shape index (κ2) is 7.58. The molecule has 0 unspecified atom stereocenters. The normalized spacial score (nSPS) is 16.5. The summed E-state index contributed by atoms with van der Waals surface area (Å²) in [7, 11) is -3.54. The van der Waals surface area contributed by atoms with Crippen molar-refractivity contribution in [2.24, 2.45) is 5.92 Å². The maximum absolute atomic E-state index is 12.4. The average molecular weight is 331 g/mol. The van der Waals surface area contributed by atoms with Crippen LogP contribution in [0, 0.1) is 5.92 Å². The fourth-order valence-electron chi connectivity index (χ4n) is 2.65. The maximum atomic E-state index is 12.4. The lowest BCUT2D eigenvalue weighted by atomic mass is 10.1. The maximum Gasteiger partial charge on any atom is 0.242 e. The Morgan fingerprint density at radius 1 is 1.29 bits per heavy atom. The van der Waals surface area contributed by atoms with Gasteiger partial charge in [-0.3, -0.25) is 0 Å². The van der Waals surface area contributed by atoms with Crippen LogP contribution < -0.4 is 10.0 Å². The molecule has 0 bridgehead atoms. The van der Waals surface area contributed by atoms with E-state index >= 15 is 0 Å². The van der Waals surface area contributed by atoms with E-state index in [1.807, 2.05) is 13.0 Å². The number of sulfonamides is 1. The molecule has 1 aromatic rings. The van der Waals surface area contributed by atoms with E-state index in [1.54, 1.807) is 12.1 Å². The Morgan fingerprint density at radius 2 is 2.00 bits per heavy atom. The standard InChI is InChI=1S/C15H23ClN2O2S/c1-2-17-10-13-7-8-14(16)15(9-13)21(19,20)18-11-12-5-3-4-6-12/h7-9,12,17-18H,2-6,10-11H2,1H3. The monoisotopic (exact) mass is 330 g/mol. The van der Waals surface area contributed by atoms with Gasteiger partial charge in [0.15, 0.2) is 0 Å². The highest BCUT2D eigenvalue weighted by Gasteiger charge is 2.22. The third-order valence-corrected chi connectivity index (χ3v) is 5.81. The van der Waals surface area contributed by atoms with Crippen LogP contribution in [0.1, 0.15) is 38.2 Å². The highest BCUT2D eigenvalue weighted by atomic mass is 35.5. The molecular formula is C15H23ClN2O2S. The van der Waals surface area contributed by atoms with Crippen molar-refractivity contribution in [3.8, 4) is 0 Å². The summed E-state index contributed by atoms with van der Waals surface area (Å²) in [4.78, 5) is 0.178. The van der Waals surface area contributed by atoms with Gasteiger partial charge in [-0.05, 0) is 43.0 Å². The summed E-state index contributed by atoms with van der Waals surface area (Å²) in [6, 6.07) is 5.15. The second-order valence-electron chi connectivity index (χ2n) is 5.55. The molecule has 1 saturated carbocycles. The first-order valence-electron chi connectivity index (χ1n) is 7.51. The molecule has 0 saturated heterocycles. The summed E-state index contributed by atoms with van der Waals surface area (Å²) >= 11 is 6.07. The average Bonchev–Trinajstić information content (AvgIpc) is 2.97.